The lowest BCUT2D eigenvalue weighted by atomic mass is 10.0. The zero-order chi connectivity index (χ0) is 13.8. The number of hydrogen-bond acceptors (Lipinski definition) is 3. The summed E-state index contributed by atoms with van der Waals surface area (Å²) in [4.78, 5) is 4.25. The molecule has 1 N–H and O–H groups in total. The Labute approximate surface area is 114 Å². The fraction of sp³-hybridized carbons (Fsp3) is 0.467. The molecule has 0 amide bonds. The molecule has 19 heavy (non-hydrogen) atoms. The van der Waals surface area contributed by atoms with Gasteiger partial charge in [-0.15, -0.1) is 0 Å². The van der Waals surface area contributed by atoms with Crippen LogP contribution in [-0.2, 0) is 13.0 Å². The molecule has 0 spiro atoms. The second-order valence-electron chi connectivity index (χ2n) is 5.39. The van der Waals surface area contributed by atoms with E-state index >= 15 is 0 Å². The van der Waals surface area contributed by atoms with Gasteiger partial charge in [0.15, 0.2) is 0 Å². The highest BCUT2D eigenvalue weighted by Crippen LogP contribution is 2.18. The van der Waals surface area contributed by atoms with E-state index in [0.717, 1.165) is 23.5 Å². The molecule has 0 bridgehead atoms. The number of rotatable bonds is 5. The van der Waals surface area contributed by atoms with Crippen LogP contribution in [0.3, 0.4) is 0 Å². The van der Waals surface area contributed by atoms with E-state index < -0.39 is 6.10 Å². The first-order chi connectivity index (χ1) is 9.06. The minimum absolute atomic E-state index is 0.496. The number of aryl methyl sites for hydroxylation is 1. The van der Waals surface area contributed by atoms with Crippen LogP contribution in [0.1, 0.15) is 36.9 Å². The molecule has 1 heterocycles. The van der Waals surface area contributed by atoms with Crippen molar-refractivity contribution >= 4 is 0 Å². The third-order valence-corrected chi connectivity index (χ3v) is 3.04. The Morgan fingerprint density at radius 3 is 2.79 bits per heavy atom. The molecule has 1 aromatic heterocycles. The quantitative estimate of drug-likeness (QED) is 0.897. The van der Waals surface area contributed by atoms with Crippen LogP contribution in [0.15, 0.2) is 30.6 Å². The van der Waals surface area contributed by atoms with E-state index in [0.29, 0.717) is 12.3 Å². The predicted molar refractivity (Wildman–Crippen MR) is 74.7 cm³/mol. The van der Waals surface area contributed by atoms with Crippen molar-refractivity contribution in [2.75, 3.05) is 0 Å². The van der Waals surface area contributed by atoms with E-state index in [1.54, 1.807) is 6.33 Å². The van der Waals surface area contributed by atoms with Crippen LogP contribution in [0.2, 0.25) is 0 Å². The summed E-state index contributed by atoms with van der Waals surface area (Å²) in [6.07, 6.45) is 1.52. The van der Waals surface area contributed by atoms with Gasteiger partial charge < -0.3 is 5.11 Å². The van der Waals surface area contributed by atoms with E-state index in [9.17, 15) is 5.11 Å². The first-order valence-corrected chi connectivity index (χ1v) is 6.67. The van der Waals surface area contributed by atoms with Crippen molar-refractivity contribution in [1.29, 1.82) is 0 Å². The molecule has 2 rings (SSSR count). The summed E-state index contributed by atoms with van der Waals surface area (Å²) in [5.41, 5.74) is 2.08. The number of nitrogens with zero attached hydrogens (tertiary/aromatic N) is 3. The van der Waals surface area contributed by atoms with Crippen molar-refractivity contribution in [2.24, 2.45) is 5.92 Å². The topological polar surface area (TPSA) is 50.9 Å². The minimum Gasteiger partial charge on any atom is -0.388 e. The summed E-state index contributed by atoms with van der Waals surface area (Å²) in [5.74, 6) is 1.35. The summed E-state index contributed by atoms with van der Waals surface area (Å²) in [6, 6.07) is 7.94. The van der Waals surface area contributed by atoms with Crippen molar-refractivity contribution in [1.82, 2.24) is 14.8 Å². The van der Waals surface area contributed by atoms with E-state index in [-0.39, 0.29) is 0 Å². The summed E-state index contributed by atoms with van der Waals surface area (Å²) >= 11 is 0. The Bertz CT molecular complexity index is 534. The highest BCUT2D eigenvalue weighted by atomic mass is 16.3. The second kappa shape index (κ2) is 5.97. The van der Waals surface area contributed by atoms with E-state index in [4.69, 9.17) is 0 Å². The molecule has 4 nitrogen and oxygen atoms in total. The molecule has 0 radical (unpaired) electrons. The first-order valence-electron chi connectivity index (χ1n) is 6.67. The summed E-state index contributed by atoms with van der Waals surface area (Å²) < 4.78 is 1.88. The zero-order valence-corrected chi connectivity index (χ0v) is 11.7. The SMILES string of the molecule is Cc1cccc(C(O)Cc2ncnn2CC(C)C)c1. The van der Waals surface area contributed by atoms with Crippen molar-refractivity contribution in [3.05, 3.63) is 47.5 Å². The monoisotopic (exact) mass is 259 g/mol. The molecule has 0 aliphatic carbocycles. The van der Waals surface area contributed by atoms with Gasteiger partial charge in [0, 0.05) is 13.0 Å². The van der Waals surface area contributed by atoms with Gasteiger partial charge in [0.2, 0.25) is 0 Å². The Kier molecular flexibility index (Phi) is 4.32. The lowest BCUT2D eigenvalue weighted by molar-refractivity contribution is 0.173. The minimum atomic E-state index is -0.532. The third-order valence-electron chi connectivity index (χ3n) is 3.04. The Morgan fingerprint density at radius 2 is 2.11 bits per heavy atom. The summed E-state index contributed by atoms with van der Waals surface area (Å²) in [5, 5.41) is 14.5. The van der Waals surface area contributed by atoms with Crippen molar-refractivity contribution in [3.63, 3.8) is 0 Å². The van der Waals surface area contributed by atoms with E-state index in [1.807, 2.05) is 35.9 Å². The predicted octanol–water partition coefficient (Wildman–Crippen LogP) is 2.52. The van der Waals surface area contributed by atoms with Crippen LogP contribution in [-0.4, -0.2) is 19.9 Å². The van der Waals surface area contributed by atoms with Gasteiger partial charge in [-0.05, 0) is 18.4 Å². The number of hydrogen-bond donors (Lipinski definition) is 1. The molecule has 0 aliphatic rings. The average molecular weight is 259 g/mol. The Morgan fingerprint density at radius 1 is 1.32 bits per heavy atom. The molecule has 0 aliphatic heterocycles. The van der Waals surface area contributed by atoms with Crippen LogP contribution in [0.5, 0.6) is 0 Å². The molecule has 102 valence electrons. The maximum absolute atomic E-state index is 10.3. The van der Waals surface area contributed by atoms with E-state index in [2.05, 4.69) is 23.9 Å². The fourth-order valence-electron chi connectivity index (χ4n) is 2.11. The largest absolute Gasteiger partial charge is 0.388 e. The van der Waals surface area contributed by atoms with Crippen molar-refractivity contribution in [2.45, 2.75) is 39.8 Å². The normalized spacial score (nSPS) is 12.9. The maximum Gasteiger partial charge on any atom is 0.138 e. The maximum atomic E-state index is 10.3. The molecular weight excluding hydrogens is 238 g/mol. The van der Waals surface area contributed by atoms with Crippen LogP contribution in [0.25, 0.3) is 0 Å². The molecule has 2 aromatic rings. The summed E-state index contributed by atoms with van der Waals surface area (Å²) in [7, 11) is 0. The lowest BCUT2D eigenvalue weighted by Crippen LogP contribution is -2.13. The standard InChI is InChI=1S/C15H21N3O/c1-11(2)9-18-15(16-10-17-18)8-14(19)13-6-4-5-12(3)7-13/h4-7,10-11,14,19H,8-9H2,1-3H3. The van der Waals surface area contributed by atoms with Gasteiger partial charge in [-0.1, -0.05) is 43.7 Å². The van der Waals surface area contributed by atoms with Crippen LogP contribution in [0.4, 0.5) is 0 Å². The molecule has 1 unspecified atom stereocenters. The Balaban J connectivity index is 2.10. The highest BCUT2D eigenvalue weighted by Gasteiger charge is 2.13. The number of aliphatic hydroxyl groups excluding tert-OH is 1. The fourth-order valence-corrected chi connectivity index (χ4v) is 2.11. The molecule has 4 heteroatoms. The summed E-state index contributed by atoms with van der Waals surface area (Å²) in [6.45, 7) is 7.14. The van der Waals surface area contributed by atoms with Gasteiger partial charge in [0.25, 0.3) is 0 Å². The van der Waals surface area contributed by atoms with Gasteiger partial charge >= 0.3 is 0 Å². The number of aliphatic hydroxyl groups is 1. The number of aromatic nitrogens is 3. The molecule has 0 saturated heterocycles. The average Bonchev–Trinajstić information content (AvgIpc) is 2.75. The Hall–Kier alpha value is -1.68. The smallest absolute Gasteiger partial charge is 0.138 e. The molecular formula is C15H21N3O. The molecule has 0 saturated carbocycles. The lowest BCUT2D eigenvalue weighted by Gasteiger charge is -2.13. The third kappa shape index (κ3) is 3.64. The molecule has 1 atom stereocenters. The van der Waals surface area contributed by atoms with E-state index in [1.165, 1.54) is 0 Å². The van der Waals surface area contributed by atoms with Gasteiger partial charge in [-0.3, -0.25) is 0 Å². The molecule has 1 aromatic carbocycles. The highest BCUT2D eigenvalue weighted by molar-refractivity contribution is 5.24. The number of benzene rings is 1. The van der Waals surface area contributed by atoms with Crippen LogP contribution in [0, 0.1) is 12.8 Å². The van der Waals surface area contributed by atoms with Crippen molar-refractivity contribution in [3.8, 4) is 0 Å². The van der Waals surface area contributed by atoms with Crippen LogP contribution >= 0.6 is 0 Å². The van der Waals surface area contributed by atoms with Crippen molar-refractivity contribution < 1.29 is 5.11 Å². The zero-order valence-electron chi connectivity index (χ0n) is 11.7. The van der Waals surface area contributed by atoms with Crippen LogP contribution < -0.4 is 0 Å². The van der Waals surface area contributed by atoms with Gasteiger partial charge in [-0.25, -0.2) is 9.67 Å². The second-order valence-corrected chi connectivity index (χ2v) is 5.39. The molecule has 0 fully saturated rings. The first kappa shape index (κ1) is 13.7. The van der Waals surface area contributed by atoms with Gasteiger partial charge in [0.05, 0.1) is 6.10 Å². The van der Waals surface area contributed by atoms with Gasteiger partial charge in [0.1, 0.15) is 12.2 Å². The van der Waals surface area contributed by atoms with Gasteiger partial charge in [-0.2, -0.15) is 5.10 Å².